The molecule has 1 saturated heterocycles. The lowest BCUT2D eigenvalue weighted by atomic mass is 10.0. The van der Waals surface area contributed by atoms with Crippen LogP contribution in [0.15, 0.2) is 18.2 Å². The summed E-state index contributed by atoms with van der Waals surface area (Å²) in [5.74, 6) is 0. The molecule has 1 heterocycles. The van der Waals surface area contributed by atoms with Crippen molar-refractivity contribution in [1.29, 1.82) is 5.26 Å². The molecule has 1 aliphatic heterocycles. The minimum atomic E-state index is 1.12. The van der Waals surface area contributed by atoms with Gasteiger partial charge in [-0.2, -0.15) is 5.26 Å². The summed E-state index contributed by atoms with van der Waals surface area (Å²) in [5.41, 5.74) is 5.12. The normalized spacial score (nSPS) is 15.5. The Balaban J connectivity index is 2.35. The topological polar surface area (TPSA) is 27.0 Å². The molecule has 0 saturated carbocycles. The van der Waals surface area contributed by atoms with Crippen molar-refractivity contribution in [3.63, 3.8) is 0 Å². The summed E-state index contributed by atoms with van der Waals surface area (Å²) in [5, 5.41) is 8.55. The fourth-order valence-corrected chi connectivity index (χ4v) is 2.66. The number of rotatable bonds is 2. The van der Waals surface area contributed by atoms with E-state index in [0.717, 1.165) is 5.56 Å². The molecule has 0 aromatic heterocycles. The van der Waals surface area contributed by atoms with Crippen LogP contribution in [0, 0.1) is 25.2 Å². The zero-order valence-corrected chi connectivity index (χ0v) is 10.5. The number of hydrogen-bond acceptors (Lipinski definition) is 2. The molecule has 1 aromatic rings. The van der Waals surface area contributed by atoms with Crippen LogP contribution in [0.2, 0.25) is 0 Å². The van der Waals surface area contributed by atoms with E-state index in [2.05, 4.69) is 30.9 Å². The molecule has 0 spiro atoms. The van der Waals surface area contributed by atoms with Crippen LogP contribution >= 0.6 is 0 Å². The Kier molecular flexibility index (Phi) is 3.49. The smallest absolute Gasteiger partial charge is 0.0912 e. The molecule has 0 atom stereocenters. The fourth-order valence-electron chi connectivity index (χ4n) is 2.66. The molecule has 2 rings (SSSR count). The van der Waals surface area contributed by atoms with Crippen LogP contribution in [0.1, 0.15) is 29.5 Å². The Labute approximate surface area is 103 Å². The van der Waals surface area contributed by atoms with Gasteiger partial charge in [0.2, 0.25) is 0 Å². The maximum absolute atomic E-state index is 8.55. The molecule has 0 N–H and O–H groups in total. The van der Waals surface area contributed by atoms with Gasteiger partial charge < -0.3 is 4.90 Å². The van der Waals surface area contributed by atoms with E-state index in [9.17, 15) is 0 Å². The van der Waals surface area contributed by atoms with E-state index < -0.39 is 0 Å². The summed E-state index contributed by atoms with van der Waals surface area (Å²) >= 11 is 0. The zero-order chi connectivity index (χ0) is 12.3. The number of aryl methyl sites for hydroxylation is 2. The second kappa shape index (κ2) is 5.05. The molecule has 1 fully saturated rings. The maximum Gasteiger partial charge on any atom is 0.0912 e. The first-order chi connectivity index (χ1) is 8.22. The van der Waals surface area contributed by atoms with Crippen LogP contribution in [0.5, 0.6) is 0 Å². The molecule has 2 nitrogen and oxygen atoms in total. The molecule has 1 aliphatic rings. The van der Waals surface area contributed by atoms with E-state index in [4.69, 9.17) is 5.26 Å². The summed E-state index contributed by atoms with van der Waals surface area (Å²) in [6.45, 7) is 6.67. The van der Waals surface area contributed by atoms with Gasteiger partial charge in [0.05, 0.1) is 6.07 Å². The number of allylic oxidation sites excluding steroid dienone is 1. The molecule has 0 aliphatic carbocycles. The maximum atomic E-state index is 8.55. The van der Waals surface area contributed by atoms with Crippen LogP contribution < -0.4 is 4.90 Å². The minimum Gasteiger partial charge on any atom is -0.371 e. The van der Waals surface area contributed by atoms with Gasteiger partial charge in [0, 0.05) is 24.9 Å². The second-order valence-corrected chi connectivity index (χ2v) is 4.66. The minimum absolute atomic E-state index is 1.12. The van der Waals surface area contributed by atoms with E-state index in [1.807, 2.05) is 12.1 Å². The van der Waals surface area contributed by atoms with Gasteiger partial charge in [-0.25, -0.2) is 0 Å². The summed E-state index contributed by atoms with van der Waals surface area (Å²) in [7, 11) is 0. The summed E-state index contributed by atoms with van der Waals surface area (Å²) in [6.07, 6.45) is 6.00. The third-order valence-electron chi connectivity index (χ3n) is 3.29. The van der Waals surface area contributed by atoms with Gasteiger partial charge in [0.1, 0.15) is 0 Å². The van der Waals surface area contributed by atoms with E-state index in [1.165, 1.54) is 48.8 Å². The second-order valence-electron chi connectivity index (χ2n) is 4.66. The Hall–Kier alpha value is -1.75. The lowest BCUT2D eigenvalue weighted by Crippen LogP contribution is -2.19. The van der Waals surface area contributed by atoms with Crippen molar-refractivity contribution in [2.45, 2.75) is 26.7 Å². The van der Waals surface area contributed by atoms with Gasteiger partial charge in [-0.1, -0.05) is 0 Å². The number of nitrogens with zero attached hydrogens (tertiary/aromatic N) is 2. The summed E-state index contributed by atoms with van der Waals surface area (Å²) < 4.78 is 0. The van der Waals surface area contributed by atoms with Gasteiger partial charge in [-0.3, -0.25) is 0 Å². The van der Waals surface area contributed by atoms with E-state index in [0.29, 0.717) is 0 Å². The van der Waals surface area contributed by atoms with Crippen molar-refractivity contribution in [1.82, 2.24) is 0 Å². The van der Waals surface area contributed by atoms with Crippen molar-refractivity contribution in [3.05, 3.63) is 34.9 Å². The Morgan fingerprint density at radius 2 is 1.76 bits per heavy atom. The van der Waals surface area contributed by atoms with Crippen LogP contribution in [0.25, 0.3) is 6.08 Å². The summed E-state index contributed by atoms with van der Waals surface area (Å²) in [6, 6.07) is 6.36. The number of nitriles is 1. The Morgan fingerprint density at radius 1 is 1.18 bits per heavy atom. The average molecular weight is 226 g/mol. The zero-order valence-electron chi connectivity index (χ0n) is 10.5. The standard InChI is InChI=1S/C15H18N2/c1-12-10-14(6-5-7-16)11-13(2)15(12)17-8-3-4-9-17/h5-6,10-11H,3-4,8-9H2,1-2H3. The monoisotopic (exact) mass is 226 g/mol. The van der Waals surface area contributed by atoms with Gasteiger partial charge in [0.15, 0.2) is 0 Å². The van der Waals surface area contributed by atoms with Crippen molar-refractivity contribution >= 4 is 11.8 Å². The molecular formula is C15H18N2. The first-order valence-corrected chi connectivity index (χ1v) is 6.15. The molecule has 17 heavy (non-hydrogen) atoms. The van der Waals surface area contributed by atoms with E-state index in [1.54, 1.807) is 0 Å². The molecule has 0 bridgehead atoms. The highest BCUT2D eigenvalue weighted by Crippen LogP contribution is 2.29. The lowest BCUT2D eigenvalue weighted by Gasteiger charge is -2.23. The van der Waals surface area contributed by atoms with Crippen molar-refractivity contribution in [2.24, 2.45) is 0 Å². The first-order valence-electron chi connectivity index (χ1n) is 6.15. The molecule has 1 aromatic carbocycles. The molecule has 2 heteroatoms. The average Bonchev–Trinajstić information content (AvgIpc) is 2.79. The highest BCUT2D eigenvalue weighted by Gasteiger charge is 2.16. The quantitative estimate of drug-likeness (QED) is 0.722. The number of hydrogen-bond donors (Lipinski definition) is 0. The van der Waals surface area contributed by atoms with Crippen LogP contribution in [-0.4, -0.2) is 13.1 Å². The van der Waals surface area contributed by atoms with Crippen LogP contribution in [-0.2, 0) is 0 Å². The Bertz CT molecular complexity index is 451. The van der Waals surface area contributed by atoms with Gasteiger partial charge >= 0.3 is 0 Å². The van der Waals surface area contributed by atoms with Crippen LogP contribution in [0.3, 0.4) is 0 Å². The fraction of sp³-hybridized carbons (Fsp3) is 0.400. The van der Waals surface area contributed by atoms with Gasteiger partial charge in [-0.15, -0.1) is 0 Å². The molecule has 0 unspecified atom stereocenters. The van der Waals surface area contributed by atoms with Crippen molar-refractivity contribution in [2.75, 3.05) is 18.0 Å². The lowest BCUT2D eigenvalue weighted by molar-refractivity contribution is 0.949. The number of anilines is 1. The third-order valence-corrected chi connectivity index (χ3v) is 3.29. The van der Waals surface area contributed by atoms with E-state index >= 15 is 0 Å². The largest absolute Gasteiger partial charge is 0.371 e. The Morgan fingerprint density at radius 3 is 2.29 bits per heavy atom. The molecule has 0 radical (unpaired) electrons. The predicted molar refractivity (Wildman–Crippen MR) is 72.0 cm³/mol. The van der Waals surface area contributed by atoms with Crippen molar-refractivity contribution < 1.29 is 0 Å². The molecule has 0 amide bonds. The highest BCUT2D eigenvalue weighted by molar-refractivity contribution is 5.65. The van der Waals surface area contributed by atoms with Crippen molar-refractivity contribution in [3.8, 4) is 6.07 Å². The molecular weight excluding hydrogens is 208 g/mol. The predicted octanol–water partition coefficient (Wildman–Crippen LogP) is 3.44. The highest BCUT2D eigenvalue weighted by atomic mass is 15.1. The van der Waals surface area contributed by atoms with Gasteiger partial charge in [0.25, 0.3) is 0 Å². The first kappa shape index (κ1) is 11.7. The SMILES string of the molecule is Cc1cc(C=CC#N)cc(C)c1N1CCCC1. The number of benzene rings is 1. The summed E-state index contributed by atoms with van der Waals surface area (Å²) in [4.78, 5) is 2.47. The van der Waals surface area contributed by atoms with E-state index in [-0.39, 0.29) is 0 Å². The third kappa shape index (κ3) is 2.50. The van der Waals surface area contributed by atoms with Crippen LogP contribution in [0.4, 0.5) is 5.69 Å². The van der Waals surface area contributed by atoms with Gasteiger partial charge in [-0.05, 0) is 61.6 Å². The molecule has 88 valence electrons.